The predicted octanol–water partition coefficient (Wildman–Crippen LogP) is 1.44. The second-order valence-electron chi connectivity index (χ2n) is 5.44. The van der Waals surface area contributed by atoms with Crippen molar-refractivity contribution in [1.29, 1.82) is 0 Å². The summed E-state index contributed by atoms with van der Waals surface area (Å²) in [5.41, 5.74) is 2.38. The van der Waals surface area contributed by atoms with Crippen molar-refractivity contribution in [1.82, 2.24) is 10.2 Å². The van der Waals surface area contributed by atoms with Crippen LogP contribution in [0.4, 0.5) is 0 Å². The molecule has 1 amide bonds. The lowest BCUT2D eigenvalue weighted by Gasteiger charge is -2.31. The molecule has 0 saturated carbocycles. The van der Waals surface area contributed by atoms with Crippen molar-refractivity contribution in [3.8, 4) is 11.5 Å². The van der Waals surface area contributed by atoms with Crippen LogP contribution in [0.25, 0.3) is 0 Å². The zero-order valence-corrected chi connectivity index (χ0v) is 13.2. The molecule has 1 aliphatic heterocycles. The summed E-state index contributed by atoms with van der Waals surface area (Å²) in [6.45, 7) is 4.06. The van der Waals surface area contributed by atoms with E-state index in [1.807, 2.05) is 31.0 Å². The second kappa shape index (κ2) is 6.80. The van der Waals surface area contributed by atoms with E-state index < -0.39 is 0 Å². The Kier molecular flexibility index (Phi) is 5.07. The van der Waals surface area contributed by atoms with E-state index >= 15 is 0 Å². The van der Waals surface area contributed by atoms with Crippen molar-refractivity contribution >= 4 is 5.91 Å². The maximum absolute atomic E-state index is 12.4. The third-order valence-electron chi connectivity index (χ3n) is 3.96. The zero-order valence-electron chi connectivity index (χ0n) is 13.2. The molecule has 1 N–H and O–H groups in total. The van der Waals surface area contributed by atoms with Crippen molar-refractivity contribution in [2.45, 2.75) is 19.9 Å². The number of carbonyl (C=O) groups excluding carboxylic acids is 1. The first-order valence-corrected chi connectivity index (χ1v) is 7.27. The number of nitrogens with zero attached hydrogens (tertiary/aromatic N) is 1. The van der Waals surface area contributed by atoms with Gasteiger partial charge in [-0.2, -0.15) is 0 Å². The van der Waals surface area contributed by atoms with Crippen LogP contribution in [0, 0.1) is 5.92 Å². The van der Waals surface area contributed by atoms with Gasteiger partial charge in [0.1, 0.15) is 0 Å². The van der Waals surface area contributed by atoms with Gasteiger partial charge in [-0.15, -0.1) is 0 Å². The number of amides is 1. The van der Waals surface area contributed by atoms with Gasteiger partial charge in [0.15, 0.2) is 11.5 Å². The third kappa shape index (κ3) is 3.29. The largest absolute Gasteiger partial charge is 0.493 e. The first-order chi connectivity index (χ1) is 10.1. The molecule has 0 saturated heterocycles. The fourth-order valence-corrected chi connectivity index (χ4v) is 2.78. The highest BCUT2D eigenvalue weighted by atomic mass is 16.5. The van der Waals surface area contributed by atoms with Gasteiger partial charge >= 0.3 is 0 Å². The average molecular weight is 292 g/mol. The standard InChI is InChI=1S/C16H24N2O3/c1-11(9-17-2)16(19)18-6-5-12-7-14(20-3)15(21-4)8-13(12)10-18/h7-8,11,17H,5-6,9-10H2,1-4H3. The molecule has 0 radical (unpaired) electrons. The molecule has 1 unspecified atom stereocenters. The van der Waals surface area contributed by atoms with Gasteiger partial charge < -0.3 is 19.7 Å². The summed E-state index contributed by atoms with van der Waals surface area (Å²) < 4.78 is 10.7. The van der Waals surface area contributed by atoms with E-state index in [1.54, 1.807) is 14.2 Å². The van der Waals surface area contributed by atoms with E-state index in [0.717, 1.165) is 24.3 Å². The van der Waals surface area contributed by atoms with Gasteiger partial charge in [0, 0.05) is 25.6 Å². The molecular weight excluding hydrogens is 268 g/mol. The van der Waals surface area contributed by atoms with Crippen LogP contribution < -0.4 is 14.8 Å². The number of methoxy groups -OCH3 is 2. The Balaban J connectivity index is 2.18. The van der Waals surface area contributed by atoms with Crippen LogP contribution in [0.15, 0.2) is 12.1 Å². The molecule has 1 aromatic rings. The molecule has 5 heteroatoms. The molecule has 1 heterocycles. The summed E-state index contributed by atoms with van der Waals surface area (Å²) in [5.74, 6) is 1.66. The monoisotopic (exact) mass is 292 g/mol. The number of hydrogen-bond acceptors (Lipinski definition) is 4. The molecule has 1 atom stereocenters. The fourth-order valence-electron chi connectivity index (χ4n) is 2.78. The SMILES string of the molecule is CNCC(C)C(=O)N1CCc2cc(OC)c(OC)cc2C1. The van der Waals surface area contributed by atoms with Gasteiger partial charge in [-0.25, -0.2) is 0 Å². The van der Waals surface area contributed by atoms with Crippen LogP contribution in [-0.2, 0) is 17.8 Å². The van der Waals surface area contributed by atoms with Gasteiger partial charge in [0.2, 0.25) is 5.91 Å². The molecule has 0 spiro atoms. The lowest BCUT2D eigenvalue weighted by molar-refractivity contribution is -0.135. The van der Waals surface area contributed by atoms with Gasteiger partial charge in [-0.3, -0.25) is 4.79 Å². The molecule has 0 fully saturated rings. The van der Waals surface area contributed by atoms with E-state index in [1.165, 1.54) is 5.56 Å². The lowest BCUT2D eigenvalue weighted by Crippen LogP contribution is -2.41. The van der Waals surface area contributed by atoms with Crippen molar-refractivity contribution < 1.29 is 14.3 Å². The molecule has 1 aliphatic rings. The van der Waals surface area contributed by atoms with Gasteiger partial charge in [0.25, 0.3) is 0 Å². The zero-order chi connectivity index (χ0) is 15.4. The van der Waals surface area contributed by atoms with Crippen LogP contribution >= 0.6 is 0 Å². The number of hydrogen-bond donors (Lipinski definition) is 1. The molecule has 0 bridgehead atoms. The maximum atomic E-state index is 12.4. The second-order valence-corrected chi connectivity index (χ2v) is 5.44. The maximum Gasteiger partial charge on any atom is 0.226 e. The quantitative estimate of drug-likeness (QED) is 0.892. The molecule has 0 aromatic heterocycles. The van der Waals surface area contributed by atoms with Crippen molar-refractivity contribution in [3.63, 3.8) is 0 Å². The average Bonchev–Trinajstić information content (AvgIpc) is 2.52. The molecule has 5 nitrogen and oxygen atoms in total. The number of fused-ring (bicyclic) bond motifs is 1. The van der Waals surface area contributed by atoms with E-state index in [-0.39, 0.29) is 11.8 Å². The topological polar surface area (TPSA) is 50.8 Å². The summed E-state index contributed by atoms with van der Waals surface area (Å²) in [5, 5.41) is 3.06. The number of benzene rings is 1. The summed E-state index contributed by atoms with van der Waals surface area (Å²) in [4.78, 5) is 14.3. The van der Waals surface area contributed by atoms with Crippen LogP contribution in [-0.4, -0.2) is 45.2 Å². The van der Waals surface area contributed by atoms with Gasteiger partial charge in [-0.1, -0.05) is 6.92 Å². The molecular formula is C16H24N2O3. The minimum atomic E-state index is -0.00306. The Morgan fingerprint density at radius 1 is 1.29 bits per heavy atom. The summed E-state index contributed by atoms with van der Waals surface area (Å²) in [6, 6.07) is 4.00. The van der Waals surface area contributed by atoms with E-state index in [4.69, 9.17) is 9.47 Å². The van der Waals surface area contributed by atoms with Crippen LogP contribution in [0.1, 0.15) is 18.1 Å². The van der Waals surface area contributed by atoms with Crippen LogP contribution in [0.2, 0.25) is 0 Å². The van der Waals surface area contributed by atoms with E-state index in [9.17, 15) is 4.79 Å². The fraction of sp³-hybridized carbons (Fsp3) is 0.562. The highest BCUT2D eigenvalue weighted by molar-refractivity contribution is 5.79. The number of ether oxygens (including phenoxy) is 2. The van der Waals surface area contributed by atoms with Gasteiger partial charge in [0.05, 0.1) is 14.2 Å². The summed E-state index contributed by atoms with van der Waals surface area (Å²) in [6.07, 6.45) is 0.855. The summed E-state index contributed by atoms with van der Waals surface area (Å²) in [7, 11) is 5.14. The predicted molar refractivity (Wildman–Crippen MR) is 81.8 cm³/mol. The minimum absolute atomic E-state index is 0.00306. The van der Waals surface area contributed by atoms with Crippen molar-refractivity contribution in [2.24, 2.45) is 5.92 Å². The number of rotatable bonds is 5. The van der Waals surface area contributed by atoms with E-state index in [2.05, 4.69) is 5.32 Å². The van der Waals surface area contributed by atoms with E-state index in [0.29, 0.717) is 18.8 Å². The highest BCUT2D eigenvalue weighted by Gasteiger charge is 2.25. The Morgan fingerprint density at radius 2 is 1.90 bits per heavy atom. The smallest absolute Gasteiger partial charge is 0.226 e. The highest BCUT2D eigenvalue weighted by Crippen LogP contribution is 2.33. The molecule has 116 valence electrons. The Labute approximate surface area is 126 Å². The van der Waals surface area contributed by atoms with Crippen LogP contribution in [0.3, 0.4) is 0 Å². The Morgan fingerprint density at radius 3 is 2.48 bits per heavy atom. The first kappa shape index (κ1) is 15.6. The van der Waals surface area contributed by atoms with Gasteiger partial charge in [-0.05, 0) is 36.7 Å². The number of nitrogens with one attached hydrogen (secondary N) is 1. The third-order valence-corrected chi connectivity index (χ3v) is 3.96. The van der Waals surface area contributed by atoms with Crippen molar-refractivity contribution in [2.75, 3.05) is 34.4 Å². The van der Waals surface area contributed by atoms with Crippen LogP contribution in [0.5, 0.6) is 11.5 Å². The lowest BCUT2D eigenvalue weighted by atomic mass is 9.97. The Bertz CT molecular complexity index is 516. The first-order valence-electron chi connectivity index (χ1n) is 7.27. The molecule has 21 heavy (non-hydrogen) atoms. The summed E-state index contributed by atoms with van der Waals surface area (Å²) >= 11 is 0. The molecule has 2 rings (SSSR count). The Hall–Kier alpha value is -1.75. The van der Waals surface area contributed by atoms with Crippen molar-refractivity contribution in [3.05, 3.63) is 23.3 Å². The minimum Gasteiger partial charge on any atom is -0.493 e. The normalized spacial score (nSPS) is 15.3. The number of carbonyl (C=O) groups is 1. The molecule has 0 aliphatic carbocycles. The molecule has 1 aromatic carbocycles.